The van der Waals surface area contributed by atoms with Crippen molar-refractivity contribution in [1.82, 2.24) is 9.97 Å². The number of aromatic nitrogens is 2. The lowest BCUT2D eigenvalue weighted by atomic mass is 10.1. The van der Waals surface area contributed by atoms with Gasteiger partial charge in [0.2, 0.25) is 0 Å². The third-order valence-electron chi connectivity index (χ3n) is 2.51. The molecule has 3 nitrogen and oxygen atoms in total. The first-order chi connectivity index (χ1) is 6.27. The van der Waals surface area contributed by atoms with Gasteiger partial charge in [0.1, 0.15) is 11.6 Å². The molecule has 0 aromatic carbocycles. The van der Waals surface area contributed by atoms with Gasteiger partial charge in [0.25, 0.3) is 0 Å². The Morgan fingerprint density at radius 1 is 1.38 bits per heavy atom. The van der Waals surface area contributed by atoms with Crippen LogP contribution in [-0.4, -0.2) is 9.97 Å². The maximum absolute atomic E-state index is 5.73. The van der Waals surface area contributed by atoms with Crippen LogP contribution < -0.4 is 5.73 Å². The van der Waals surface area contributed by atoms with Gasteiger partial charge in [-0.25, -0.2) is 9.97 Å². The monoisotopic (exact) mass is 289 g/mol. The summed E-state index contributed by atoms with van der Waals surface area (Å²) in [5.41, 5.74) is 5.73. The molecule has 1 aromatic rings. The first-order valence-corrected chi connectivity index (χ1v) is 5.63. The van der Waals surface area contributed by atoms with Gasteiger partial charge >= 0.3 is 0 Å². The Morgan fingerprint density at radius 2 is 2.08 bits per heavy atom. The Balaban J connectivity index is 2.25. The van der Waals surface area contributed by atoms with Crippen molar-refractivity contribution in [3.8, 4) is 0 Å². The van der Waals surface area contributed by atoms with Crippen LogP contribution in [0.25, 0.3) is 0 Å². The highest BCUT2D eigenvalue weighted by Gasteiger charge is 2.19. The van der Waals surface area contributed by atoms with Crippen molar-refractivity contribution < 1.29 is 0 Å². The van der Waals surface area contributed by atoms with E-state index in [2.05, 4.69) is 32.6 Å². The quantitative estimate of drug-likeness (QED) is 0.807. The number of nitrogens with two attached hydrogens (primary N) is 1. The summed E-state index contributed by atoms with van der Waals surface area (Å²) < 4.78 is 0.944. The van der Waals surface area contributed by atoms with Gasteiger partial charge in [-0.15, -0.1) is 0 Å². The van der Waals surface area contributed by atoms with E-state index in [1.807, 2.05) is 6.20 Å². The van der Waals surface area contributed by atoms with Gasteiger partial charge in [0.05, 0.1) is 3.57 Å². The number of hydrogen-bond acceptors (Lipinski definition) is 3. The summed E-state index contributed by atoms with van der Waals surface area (Å²) in [6.45, 7) is 0. The minimum atomic E-state index is 0.555. The van der Waals surface area contributed by atoms with Crippen LogP contribution in [0.4, 0.5) is 5.82 Å². The zero-order valence-electron chi connectivity index (χ0n) is 7.33. The van der Waals surface area contributed by atoms with Gasteiger partial charge < -0.3 is 5.73 Å². The fraction of sp³-hybridized carbons (Fsp3) is 0.556. The lowest BCUT2D eigenvalue weighted by Gasteiger charge is -2.07. The summed E-state index contributed by atoms with van der Waals surface area (Å²) in [6, 6.07) is 0. The number of anilines is 1. The van der Waals surface area contributed by atoms with Gasteiger partial charge in [0.15, 0.2) is 0 Å². The highest BCUT2D eigenvalue weighted by atomic mass is 127. The summed E-state index contributed by atoms with van der Waals surface area (Å²) in [4.78, 5) is 8.64. The molecule has 0 aliphatic heterocycles. The van der Waals surface area contributed by atoms with Gasteiger partial charge in [-0.1, -0.05) is 12.8 Å². The van der Waals surface area contributed by atoms with Crippen molar-refractivity contribution in [2.75, 3.05) is 5.73 Å². The summed E-state index contributed by atoms with van der Waals surface area (Å²) >= 11 is 2.15. The molecule has 0 bridgehead atoms. The average molecular weight is 289 g/mol. The molecule has 2 N–H and O–H groups in total. The minimum absolute atomic E-state index is 0.555. The molecule has 1 aromatic heterocycles. The van der Waals surface area contributed by atoms with Crippen LogP contribution in [0.1, 0.15) is 37.4 Å². The predicted molar refractivity (Wildman–Crippen MR) is 60.4 cm³/mol. The Morgan fingerprint density at radius 3 is 2.69 bits per heavy atom. The Hall–Kier alpha value is -0.390. The van der Waals surface area contributed by atoms with Crippen molar-refractivity contribution >= 4 is 28.4 Å². The van der Waals surface area contributed by atoms with Crippen molar-refractivity contribution in [1.29, 1.82) is 0 Å². The largest absolute Gasteiger partial charge is 0.383 e. The molecule has 1 fully saturated rings. The molecular weight excluding hydrogens is 277 g/mol. The lowest BCUT2D eigenvalue weighted by molar-refractivity contribution is 0.668. The van der Waals surface area contributed by atoms with Crippen LogP contribution in [0.15, 0.2) is 6.20 Å². The van der Waals surface area contributed by atoms with Crippen LogP contribution in [0.5, 0.6) is 0 Å². The highest BCUT2D eigenvalue weighted by molar-refractivity contribution is 14.1. The van der Waals surface area contributed by atoms with E-state index in [-0.39, 0.29) is 0 Å². The van der Waals surface area contributed by atoms with E-state index >= 15 is 0 Å². The van der Waals surface area contributed by atoms with Crippen molar-refractivity contribution in [2.45, 2.75) is 31.6 Å². The van der Waals surface area contributed by atoms with Crippen molar-refractivity contribution in [3.05, 3.63) is 15.6 Å². The molecule has 0 radical (unpaired) electrons. The van der Waals surface area contributed by atoms with Gasteiger partial charge in [-0.2, -0.15) is 0 Å². The summed E-state index contributed by atoms with van der Waals surface area (Å²) in [5, 5.41) is 0. The minimum Gasteiger partial charge on any atom is -0.383 e. The number of rotatable bonds is 1. The number of nitrogen functional groups attached to an aromatic ring is 1. The second-order valence-electron chi connectivity index (χ2n) is 3.44. The standard InChI is InChI=1S/C9H12IN3/c10-7-5-12-9(13-8(7)11)6-3-1-2-4-6/h5-6H,1-4H2,(H2,11,12,13). The molecule has 0 saturated heterocycles. The van der Waals surface area contributed by atoms with Crippen LogP contribution in [-0.2, 0) is 0 Å². The second kappa shape index (κ2) is 3.77. The predicted octanol–water partition coefficient (Wildman–Crippen LogP) is 2.32. The van der Waals surface area contributed by atoms with Crippen molar-refractivity contribution in [2.24, 2.45) is 0 Å². The molecule has 2 rings (SSSR count). The maximum Gasteiger partial charge on any atom is 0.140 e. The Labute approximate surface area is 91.3 Å². The molecule has 0 atom stereocenters. The first kappa shape index (κ1) is 9.18. The second-order valence-corrected chi connectivity index (χ2v) is 4.60. The Bertz CT molecular complexity index is 308. The summed E-state index contributed by atoms with van der Waals surface area (Å²) in [5.74, 6) is 2.12. The normalized spacial score (nSPS) is 17.9. The van der Waals surface area contributed by atoms with Crippen molar-refractivity contribution in [3.63, 3.8) is 0 Å². The SMILES string of the molecule is Nc1nc(C2CCCC2)ncc1I. The van der Waals surface area contributed by atoms with Crippen LogP contribution >= 0.6 is 22.6 Å². The fourth-order valence-corrected chi connectivity index (χ4v) is 2.04. The lowest BCUT2D eigenvalue weighted by Crippen LogP contribution is -2.04. The third-order valence-corrected chi connectivity index (χ3v) is 3.34. The number of hydrogen-bond donors (Lipinski definition) is 1. The smallest absolute Gasteiger partial charge is 0.140 e. The van der Waals surface area contributed by atoms with Gasteiger partial charge in [-0.05, 0) is 35.4 Å². The van der Waals surface area contributed by atoms with Gasteiger partial charge in [0, 0.05) is 12.1 Å². The highest BCUT2D eigenvalue weighted by Crippen LogP contribution is 2.32. The molecule has 1 saturated carbocycles. The molecule has 4 heteroatoms. The van der Waals surface area contributed by atoms with Crippen LogP contribution in [0.3, 0.4) is 0 Å². The molecule has 0 unspecified atom stereocenters. The van der Waals surface area contributed by atoms with Crippen LogP contribution in [0, 0.1) is 3.57 Å². The maximum atomic E-state index is 5.73. The molecule has 70 valence electrons. The zero-order valence-corrected chi connectivity index (χ0v) is 9.49. The van der Waals surface area contributed by atoms with E-state index in [1.165, 1.54) is 25.7 Å². The molecule has 0 spiro atoms. The molecular formula is C9H12IN3. The van der Waals surface area contributed by atoms with E-state index in [9.17, 15) is 0 Å². The van der Waals surface area contributed by atoms with E-state index in [0.717, 1.165) is 9.39 Å². The first-order valence-electron chi connectivity index (χ1n) is 4.55. The molecule has 13 heavy (non-hydrogen) atoms. The third kappa shape index (κ3) is 1.92. The van der Waals surface area contributed by atoms with E-state index in [0.29, 0.717) is 11.7 Å². The van der Waals surface area contributed by atoms with E-state index in [4.69, 9.17) is 5.73 Å². The molecule has 1 aliphatic carbocycles. The Kier molecular flexibility index (Phi) is 2.66. The molecule has 0 amide bonds. The topological polar surface area (TPSA) is 51.8 Å². The summed E-state index contributed by atoms with van der Waals surface area (Å²) in [6.07, 6.45) is 6.87. The average Bonchev–Trinajstić information content (AvgIpc) is 2.62. The molecule has 1 aliphatic rings. The number of nitrogens with zero attached hydrogens (tertiary/aromatic N) is 2. The fourth-order valence-electron chi connectivity index (χ4n) is 1.78. The van der Waals surface area contributed by atoms with Gasteiger partial charge in [-0.3, -0.25) is 0 Å². The van der Waals surface area contributed by atoms with E-state index in [1.54, 1.807) is 0 Å². The molecule has 1 heterocycles. The van der Waals surface area contributed by atoms with Crippen LogP contribution in [0.2, 0.25) is 0 Å². The number of halogens is 1. The zero-order chi connectivity index (χ0) is 9.26. The van der Waals surface area contributed by atoms with E-state index < -0.39 is 0 Å². The summed E-state index contributed by atoms with van der Waals surface area (Å²) in [7, 11) is 0.